The van der Waals surface area contributed by atoms with E-state index in [0.717, 1.165) is 17.1 Å². The largest absolute Gasteiger partial charge is 0.369 e. The lowest BCUT2D eigenvalue weighted by molar-refractivity contribution is -0.117. The van der Waals surface area contributed by atoms with Crippen molar-refractivity contribution >= 4 is 5.91 Å². The summed E-state index contributed by atoms with van der Waals surface area (Å²) in [4.78, 5) is 15.1. The molecule has 5 nitrogen and oxygen atoms in total. The number of nitrogens with two attached hydrogens (primary N) is 1. The Hall–Kier alpha value is -2.17. The Labute approximate surface area is 106 Å². The highest BCUT2D eigenvalue weighted by atomic mass is 16.1. The monoisotopic (exact) mass is 244 g/mol. The van der Waals surface area contributed by atoms with E-state index in [4.69, 9.17) is 5.73 Å². The van der Waals surface area contributed by atoms with Crippen molar-refractivity contribution in [2.45, 2.75) is 27.2 Å². The Kier molecular flexibility index (Phi) is 3.14. The zero-order valence-corrected chi connectivity index (χ0v) is 10.8. The molecule has 1 amide bonds. The van der Waals surface area contributed by atoms with E-state index in [1.165, 1.54) is 5.56 Å². The molecule has 0 saturated heterocycles. The van der Waals surface area contributed by atoms with Crippen LogP contribution >= 0.6 is 0 Å². The first-order chi connectivity index (χ1) is 8.47. The van der Waals surface area contributed by atoms with Crippen LogP contribution in [0.5, 0.6) is 0 Å². The number of carbonyl (C=O) groups excluding carboxylic acids is 1. The average Bonchev–Trinajstić information content (AvgIpc) is 2.58. The molecule has 0 radical (unpaired) electrons. The van der Waals surface area contributed by atoms with Crippen LogP contribution in [-0.4, -0.2) is 20.7 Å². The first kappa shape index (κ1) is 12.3. The summed E-state index contributed by atoms with van der Waals surface area (Å²) in [5.41, 5.74) is 8.44. The fourth-order valence-electron chi connectivity index (χ4n) is 1.95. The van der Waals surface area contributed by atoms with E-state index in [9.17, 15) is 4.79 Å². The van der Waals surface area contributed by atoms with Gasteiger partial charge >= 0.3 is 0 Å². The number of aromatic nitrogens is 3. The van der Waals surface area contributed by atoms with Gasteiger partial charge in [-0.2, -0.15) is 5.10 Å². The molecule has 2 aromatic rings. The van der Waals surface area contributed by atoms with Gasteiger partial charge in [-0.3, -0.25) is 4.79 Å². The Morgan fingerprint density at radius 2 is 2.06 bits per heavy atom. The average molecular weight is 244 g/mol. The van der Waals surface area contributed by atoms with E-state index >= 15 is 0 Å². The van der Waals surface area contributed by atoms with E-state index in [1.807, 2.05) is 32.9 Å². The summed E-state index contributed by atoms with van der Waals surface area (Å²) in [6, 6.07) is 6.11. The summed E-state index contributed by atoms with van der Waals surface area (Å²) >= 11 is 0. The van der Waals surface area contributed by atoms with Crippen LogP contribution in [0.15, 0.2) is 18.2 Å². The molecular formula is C13H16N4O. The van der Waals surface area contributed by atoms with Crippen LogP contribution in [0, 0.1) is 20.8 Å². The maximum Gasteiger partial charge on any atom is 0.225 e. The smallest absolute Gasteiger partial charge is 0.225 e. The van der Waals surface area contributed by atoms with E-state index in [2.05, 4.69) is 16.1 Å². The molecule has 1 aromatic carbocycles. The fourth-order valence-corrected chi connectivity index (χ4v) is 1.95. The van der Waals surface area contributed by atoms with Gasteiger partial charge < -0.3 is 5.73 Å². The molecule has 18 heavy (non-hydrogen) atoms. The van der Waals surface area contributed by atoms with E-state index in [1.54, 1.807) is 4.68 Å². The summed E-state index contributed by atoms with van der Waals surface area (Å²) in [6.45, 7) is 5.93. The lowest BCUT2D eigenvalue weighted by Crippen LogP contribution is -2.14. The summed E-state index contributed by atoms with van der Waals surface area (Å²) in [6.07, 6.45) is 0.0682. The number of rotatable bonds is 3. The first-order valence-electron chi connectivity index (χ1n) is 5.76. The molecule has 0 saturated carbocycles. The van der Waals surface area contributed by atoms with Crippen molar-refractivity contribution in [1.29, 1.82) is 0 Å². The number of primary amides is 1. The van der Waals surface area contributed by atoms with Crippen molar-refractivity contribution < 1.29 is 4.79 Å². The predicted molar refractivity (Wildman–Crippen MR) is 68.5 cm³/mol. The molecule has 0 aliphatic carbocycles. The second kappa shape index (κ2) is 4.60. The van der Waals surface area contributed by atoms with Gasteiger partial charge in [-0.05, 0) is 32.4 Å². The second-order valence-corrected chi connectivity index (χ2v) is 4.42. The molecular weight excluding hydrogens is 228 g/mol. The van der Waals surface area contributed by atoms with Crippen molar-refractivity contribution in [3.8, 4) is 5.69 Å². The molecule has 94 valence electrons. The molecule has 0 fully saturated rings. The third kappa shape index (κ3) is 2.40. The second-order valence-electron chi connectivity index (χ2n) is 4.42. The van der Waals surface area contributed by atoms with Crippen molar-refractivity contribution in [3.63, 3.8) is 0 Å². The molecule has 0 bridgehead atoms. The topological polar surface area (TPSA) is 73.8 Å². The Morgan fingerprint density at radius 3 is 2.67 bits per heavy atom. The Bertz CT molecular complexity index is 601. The number of hydrogen-bond acceptors (Lipinski definition) is 3. The summed E-state index contributed by atoms with van der Waals surface area (Å²) in [7, 11) is 0. The SMILES string of the molecule is Cc1ccc(-n2nc(CC(N)=O)nc2C)c(C)c1. The number of hydrogen-bond donors (Lipinski definition) is 1. The highest BCUT2D eigenvalue weighted by molar-refractivity contribution is 5.75. The quantitative estimate of drug-likeness (QED) is 0.882. The van der Waals surface area contributed by atoms with Gasteiger partial charge in [0.15, 0.2) is 5.82 Å². The van der Waals surface area contributed by atoms with Gasteiger partial charge in [0.2, 0.25) is 5.91 Å². The van der Waals surface area contributed by atoms with E-state index in [0.29, 0.717) is 5.82 Å². The number of nitrogens with zero attached hydrogens (tertiary/aromatic N) is 3. The van der Waals surface area contributed by atoms with Gasteiger partial charge in [-0.1, -0.05) is 17.7 Å². The van der Waals surface area contributed by atoms with Crippen LogP contribution < -0.4 is 5.73 Å². The van der Waals surface area contributed by atoms with E-state index in [-0.39, 0.29) is 6.42 Å². The maximum absolute atomic E-state index is 10.9. The van der Waals surface area contributed by atoms with Crippen LogP contribution in [-0.2, 0) is 11.2 Å². The molecule has 5 heteroatoms. The molecule has 2 rings (SSSR count). The number of benzene rings is 1. The van der Waals surface area contributed by atoms with E-state index < -0.39 is 5.91 Å². The number of aryl methyl sites for hydroxylation is 3. The highest BCUT2D eigenvalue weighted by Crippen LogP contribution is 2.16. The summed E-state index contributed by atoms with van der Waals surface area (Å²) < 4.78 is 1.74. The lowest BCUT2D eigenvalue weighted by atomic mass is 10.1. The van der Waals surface area contributed by atoms with Crippen LogP contribution in [0.3, 0.4) is 0 Å². The Morgan fingerprint density at radius 1 is 1.33 bits per heavy atom. The van der Waals surface area contributed by atoms with Gasteiger partial charge in [0.05, 0.1) is 12.1 Å². The minimum absolute atomic E-state index is 0.0682. The number of carbonyl (C=O) groups is 1. The predicted octanol–water partition coefficient (Wildman–Crippen LogP) is 1.22. The van der Waals surface area contributed by atoms with Crippen LogP contribution in [0.25, 0.3) is 5.69 Å². The van der Waals surface area contributed by atoms with Crippen LogP contribution in [0.4, 0.5) is 0 Å². The molecule has 2 N–H and O–H groups in total. The minimum Gasteiger partial charge on any atom is -0.369 e. The third-order valence-electron chi connectivity index (χ3n) is 2.73. The first-order valence-corrected chi connectivity index (χ1v) is 5.76. The zero-order chi connectivity index (χ0) is 13.3. The third-order valence-corrected chi connectivity index (χ3v) is 2.73. The molecule has 0 aliphatic heterocycles. The van der Waals surface area contributed by atoms with Gasteiger partial charge in [0, 0.05) is 0 Å². The molecule has 0 spiro atoms. The van der Waals surface area contributed by atoms with Crippen molar-refractivity contribution in [2.75, 3.05) is 0 Å². The normalized spacial score (nSPS) is 10.6. The van der Waals surface area contributed by atoms with Crippen LogP contribution in [0.2, 0.25) is 0 Å². The van der Waals surface area contributed by atoms with Gasteiger partial charge in [-0.25, -0.2) is 9.67 Å². The molecule has 0 aliphatic rings. The van der Waals surface area contributed by atoms with Crippen LogP contribution in [0.1, 0.15) is 22.8 Å². The highest BCUT2D eigenvalue weighted by Gasteiger charge is 2.11. The zero-order valence-electron chi connectivity index (χ0n) is 10.8. The molecule has 0 unspecified atom stereocenters. The minimum atomic E-state index is -0.423. The standard InChI is InChI=1S/C13H16N4O/c1-8-4-5-11(9(2)6-8)17-10(3)15-13(16-17)7-12(14)18/h4-6H,7H2,1-3H3,(H2,14,18). The van der Waals surface area contributed by atoms with Gasteiger partial charge in [0.1, 0.15) is 5.82 Å². The Balaban J connectivity index is 2.44. The maximum atomic E-state index is 10.9. The van der Waals surface area contributed by atoms with Crippen molar-refractivity contribution in [3.05, 3.63) is 41.0 Å². The molecule has 1 heterocycles. The molecule has 1 aromatic heterocycles. The van der Waals surface area contributed by atoms with Gasteiger partial charge in [0.25, 0.3) is 0 Å². The summed E-state index contributed by atoms with van der Waals surface area (Å²) in [5.74, 6) is 0.783. The number of amides is 1. The van der Waals surface area contributed by atoms with Crippen molar-refractivity contribution in [1.82, 2.24) is 14.8 Å². The fraction of sp³-hybridized carbons (Fsp3) is 0.308. The molecule has 0 atom stereocenters. The van der Waals surface area contributed by atoms with Crippen molar-refractivity contribution in [2.24, 2.45) is 5.73 Å². The lowest BCUT2D eigenvalue weighted by Gasteiger charge is -2.07. The van der Waals surface area contributed by atoms with Gasteiger partial charge in [-0.15, -0.1) is 0 Å². The summed E-state index contributed by atoms with van der Waals surface area (Å²) in [5, 5.41) is 4.32.